The van der Waals surface area contributed by atoms with Crippen LogP contribution < -0.4 is 24.8 Å². The molecular formula is C26H20F3N3O5. The van der Waals surface area contributed by atoms with E-state index in [9.17, 15) is 22.8 Å². The molecule has 0 aliphatic carbocycles. The predicted molar refractivity (Wildman–Crippen MR) is 129 cm³/mol. The van der Waals surface area contributed by atoms with Gasteiger partial charge in [0.15, 0.2) is 34.7 Å². The van der Waals surface area contributed by atoms with Crippen molar-refractivity contribution in [3.05, 3.63) is 83.8 Å². The average Bonchev–Trinajstić information content (AvgIpc) is 2.87. The Balaban J connectivity index is 1.44. The molecule has 0 radical (unpaired) electrons. The molecule has 0 bridgehead atoms. The molecule has 3 aromatic carbocycles. The molecule has 4 rings (SSSR count). The van der Waals surface area contributed by atoms with Crippen LogP contribution >= 0.6 is 0 Å². The molecule has 0 aliphatic heterocycles. The molecule has 1 heterocycles. The summed E-state index contributed by atoms with van der Waals surface area (Å²) in [5.74, 6) is -2.87. The van der Waals surface area contributed by atoms with E-state index in [1.165, 1.54) is 44.7 Å². The number of anilines is 1. The van der Waals surface area contributed by atoms with E-state index in [4.69, 9.17) is 14.2 Å². The van der Waals surface area contributed by atoms with Crippen molar-refractivity contribution in [3.8, 4) is 23.0 Å². The lowest BCUT2D eigenvalue weighted by molar-refractivity contribution is -0.119. The molecular weight excluding hydrogens is 491 g/mol. The highest BCUT2D eigenvalue weighted by atomic mass is 19.2. The van der Waals surface area contributed by atoms with Crippen LogP contribution in [0.25, 0.3) is 10.9 Å². The maximum Gasteiger partial charge on any atom is 0.325 e. The van der Waals surface area contributed by atoms with E-state index in [1.807, 2.05) is 5.32 Å². The molecule has 0 atom stereocenters. The number of fused-ring (bicyclic) bond motifs is 1. The molecule has 0 fully saturated rings. The van der Waals surface area contributed by atoms with Gasteiger partial charge in [-0.25, -0.2) is 18.0 Å². The summed E-state index contributed by atoms with van der Waals surface area (Å²) >= 11 is 0. The van der Waals surface area contributed by atoms with Crippen LogP contribution in [0.2, 0.25) is 0 Å². The van der Waals surface area contributed by atoms with Crippen LogP contribution in [0.4, 0.5) is 23.7 Å². The number of methoxy groups -OCH3 is 2. The third kappa shape index (κ3) is 5.72. The summed E-state index contributed by atoms with van der Waals surface area (Å²) in [6.07, 6.45) is 0.934. The number of amides is 3. The number of aromatic nitrogens is 1. The Morgan fingerprint density at radius 3 is 2.35 bits per heavy atom. The number of carbonyl (C=O) groups is 2. The molecule has 8 nitrogen and oxygen atoms in total. The second-order valence-electron chi connectivity index (χ2n) is 7.67. The van der Waals surface area contributed by atoms with Gasteiger partial charge in [-0.15, -0.1) is 0 Å². The highest BCUT2D eigenvalue weighted by Gasteiger charge is 2.16. The number of nitrogens with zero attached hydrogens (tertiary/aromatic N) is 1. The first-order chi connectivity index (χ1) is 17.8. The van der Waals surface area contributed by atoms with Crippen molar-refractivity contribution < 1.29 is 37.0 Å². The van der Waals surface area contributed by atoms with Crippen molar-refractivity contribution in [3.63, 3.8) is 0 Å². The first-order valence-corrected chi connectivity index (χ1v) is 10.8. The van der Waals surface area contributed by atoms with Crippen molar-refractivity contribution in [1.29, 1.82) is 0 Å². The molecule has 0 aliphatic rings. The van der Waals surface area contributed by atoms with E-state index in [-0.39, 0.29) is 17.0 Å². The normalized spacial score (nSPS) is 10.6. The number of urea groups is 1. The van der Waals surface area contributed by atoms with Gasteiger partial charge >= 0.3 is 6.03 Å². The lowest BCUT2D eigenvalue weighted by atomic mass is 10.1. The quantitative estimate of drug-likeness (QED) is 0.347. The molecule has 1 aromatic heterocycles. The third-order valence-electron chi connectivity index (χ3n) is 5.25. The lowest BCUT2D eigenvalue weighted by Gasteiger charge is -2.13. The van der Waals surface area contributed by atoms with Crippen LogP contribution in [-0.2, 0) is 11.2 Å². The number of halogens is 3. The smallest absolute Gasteiger partial charge is 0.325 e. The number of imide groups is 1. The Kier molecular flexibility index (Phi) is 7.42. The van der Waals surface area contributed by atoms with Crippen molar-refractivity contribution in [2.45, 2.75) is 6.42 Å². The monoisotopic (exact) mass is 511 g/mol. The minimum absolute atomic E-state index is 0.0260. The molecule has 0 saturated carbocycles. The topological polar surface area (TPSA) is 98.8 Å². The summed E-state index contributed by atoms with van der Waals surface area (Å²) in [7, 11) is 2.98. The van der Waals surface area contributed by atoms with Crippen molar-refractivity contribution in [2.24, 2.45) is 0 Å². The number of rotatable bonds is 7. The van der Waals surface area contributed by atoms with Gasteiger partial charge in [0.05, 0.1) is 26.2 Å². The third-order valence-corrected chi connectivity index (χ3v) is 5.25. The van der Waals surface area contributed by atoms with Gasteiger partial charge in [-0.2, -0.15) is 0 Å². The number of carbonyl (C=O) groups excluding carboxylic acids is 2. The minimum atomic E-state index is -1.17. The summed E-state index contributed by atoms with van der Waals surface area (Å²) in [6, 6.07) is 10.9. The second-order valence-corrected chi connectivity index (χ2v) is 7.67. The number of hydrogen-bond donors (Lipinski definition) is 2. The fraction of sp³-hybridized carbons (Fsp3) is 0.115. The van der Waals surface area contributed by atoms with Gasteiger partial charge in [0.25, 0.3) is 0 Å². The summed E-state index contributed by atoms with van der Waals surface area (Å²) in [5.41, 5.74) is 0.351. The van der Waals surface area contributed by atoms with Gasteiger partial charge in [-0.1, -0.05) is 12.1 Å². The number of nitrogens with one attached hydrogen (secondary N) is 2. The first-order valence-electron chi connectivity index (χ1n) is 10.8. The van der Waals surface area contributed by atoms with Crippen LogP contribution in [0.5, 0.6) is 23.0 Å². The molecule has 0 spiro atoms. The lowest BCUT2D eigenvalue weighted by Crippen LogP contribution is -2.35. The van der Waals surface area contributed by atoms with Crippen molar-refractivity contribution in [1.82, 2.24) is 10.3 Å². The molecule has 0 unspecified atom stereocenters. The van der Waals surface area contributed by atoms with Crippen LogP contribution in [0.15, 0.2) is 60.8 Å². The Labute approximate surface area is 209 Å². The zero-order chi connectivity index (χ0) is 26.5. The van der Waals surface area contributed by atoms with Crippen LogP contribution in [0, 0.1) is 17.5 Å². The van der Waals surface area contributed by atoms with E-state index >= 15 is 0 Å². The van der Waals surface area contributed by atoms with E-state index < -0.39 is 35.8 Å². The molecule has 0 saturated heterocycles. The van der Waals surface area contributed by atoms with Gasteiger partial charge in [0.2, 0.25) is 5.91 Å². The SMILES string of the molecule is COc1cc2nccc(Oc3ccc(NC(=O)NC(=O)Cc4cccc(F)c4F)cc3F)c2cc1OC. The summed E-state index contributed by atoms with van der Waals surface area (Å²) in [4.78, 5) is 28.4. The zero-order valence-electron chi connectivity index (χ0n) is 19.6. The number of ether oxygens (including phenoxy) is 3. The van der Waals surface area contributed by atoms with Gasteiger partial charge in [-0.05, 0) is 30.3 Å². The predicted octanol–water partition coefficient (Wildman–Crippen LogP) is 5.35. The van der Waals surface area contributed by atoms with E-state index in [0.29, 0.717) is 28.2 Å². The number of pyridine rings is 1. The van der Waals surface area contributed by atoms with Crippen LogP contribution in [-0.4, -0.2) is 31.1 Å². The van der Waals surface area contributed by atoms with E-state index in [1.54, 1.807) is 18.2 Å². The Bertz CT molecular complexity index is 1500. The standard InChI is InChI=1S/C26H20F3N3O5/c1-35-22-12-16-19(13-23(22)36-2)30-9-8-20(16)37-21-7-6-15(11-18(21)28)31-26(34)32-24(33)10-14-4-3-5-17(27)25(14)29/h3-9,11-13H,10H2,1-2H3,(H2,31,32,33,34). The van der Waals surface area contributed by atoms with E-state index in [2.05, 4.69) is 10.3 Å². The summed E-state index contributed by atoms with van der Waals surface area (Å²) in [5, 5.41) is 4.83. The van der Waals surface area contributed by atoms with Crippen molar-refractivity contribution in [2.75, 3.05) is 19.5 Å². The Morgan fingerprint density at radius 1 is 0.865 bits per heavy atom. The molecule has 190 valence electrons. The van der Waals surface area contributed by atoms with Crippen molar-refractivity contribution >= 4 is 28.5 Å². The van der Waals surface area contributed by atoms with Crippen LogP contribution in [0.1, 0.15) is 5.56 Å². The first kappa shape index (κ1) is 25.3. The Morgan fingerprint density at radius 2 is 1.62 bits per heavy atom. The number of benzene rings is 3. The molecule has 2 N–H and O–H groups in total. The largest absolute Gasteiger partial charge is 0.493 e. The zero-order valence-corrected chi connectivity index (χ0v) is 19.6. The highest BCUT2D eigenvalue weighted by molar-refractivity contribution is 6.01. The van der Waals surface area contributed by atoms with Gasteiger partial charge in [0, 0.05) is 35.0 Å². The maximum absolute atomic E-state index is 14.8. The minimum Gasteiger partial charge on any atom is -0.493 e. The maximum atomic E-state index is 14.8. The fourth-order valence-electron chi connectivity index (χ4n) is 3.51. The Hall–Kier alpha value is -4.80. The molecule has 3 amide bonds. The summed E-state index contributed by atoms with van der Waals surface area (Å²) < 4.78 is 58.1. The van der Waals surface area contributed by atoms with Gasteiger partial charge in [0.1, 0.15) is 5.75 Å². The average molecular weight is 511 g/mol. The van der Waals surface area contributed by atoms with Gasteiger partial charge in [-0.3, -0.25) is 15.1 Å². The fourth-order valence-corrected chi connectivity index (χ4v) is 3.51. The highest BCUT2D eigenvalue weighted by Crippen LogP contribution is 2.37. The van der Waals surface area contributed by atoms with Gasteiger partial charge < -0.3 is 19.5 Å². The summed E-state index contributed by atoms with van der Waals surface area (Å²) in [6.45, 7) is 0. The number of hydrogen-bond acceptors (Lipinski definition) is 6. The van der Waals surface area contributed by atoms with E-state index in [0.717, 1.165) is 12.1 Å². The molecule has 4 aromatic rings. The second kappa shape index (κ2) is 10.9. The molecule has 37 heavy (non-hydrogen) atoms. The van der Waals surface area contributed by atoms with Crippen LogP contribution in [0.3, 0.4) is 0 Å². The molecule has 11 heteroatoms.